The van der Waals surface area contributed by atoms with Crippen molar-refractivity contribution in [3.8, 4) is 17.2 Å². The third-order valence-corrected chi connectivity index (χ3v) is 3.71. The van der Waals surface area contributed by atoms with Gasteiger partial charge in [-0.2, -0.15) is 5.26 Å². The summed E-state index contributed by atoms with van der Waals surface area (Å²) in [6.45, 7) is 0. The average Bonchev–Trinajstić information content (AvgIpc) is 2.63. The molecule has 2 aromatic carbocycles. The van der Waals surface area contributed by atoms with Crippen LogP contribution < -0.4 is 0 Å². The van der Waals surface area contributed by atoms with Crippen LogP contribution in [0.3, 0.4) is 0 Å². The van der Waals surface area contributed by atoms with Crippen molar-refractivity contribution in [2.24, 2.45) is 0 Å². The van der Waals surface area contributed by atoms with E-state index >= 15 is 0 Å². The Morgan fingerprint density at radius 3 is 2.62 bits per heavy atom. The molecule has 24 heavy (non-hydrogen) atoms. The van der Waals surface area contributed by atoms with E-state index in [4.69, 9.17) is 5.26 Å². The highest BCUT2D eigenvalue weighted by Crippen LogP contribution is 2.32. The molecule has 0 saturated heterocycles. The Labute approximate surface area is 137 Å². The van der Waals surface area contributed by atoms with Gasteiger partial charge in [-0.3, -0.25) is 4.98 Å². The number of nitriles is 1. The highest BCUT2D eigenvalue weighted by molar-refractivity contribution is 5.69. The normalized spacial score (nSPS) is 11.8. The Morgan fingerprint density at radius 1 is 1.04 bits per heavy atom. The van der Waals surface area contributed by atoms with Crippen LogP contribution in [0.25, 0.3) is 11.1 Å². The maximum atomic E-state index is 13.4. The zero-order valence-corrected chi connectivity index (χ0v) is 12.4. The van der Waals surface area contributed by atoms with Crippen molar-refractivity contribution in [3.05, 3.63) is 89.2 Å². The second-order valence-corrected chi connectivity index (χ2v) is 5.23. The molecule has 5 heteroatoms. The lowest BCUT2D eigenvalue weighted by Crippen LogP contribution is -2.04. The van der Waals surface area contributed by atoms with Crippen LogP contribution in [0.1, 0.15) is 22.8 Å². The van der Waals surface area contributed by atoms with Crippen LogP contribution in [0.2, 0.25) is 0 Å². The van der Waals surface area contributed by atoms with Gasteiger partial charge in [0.15, 0.2) is 11.6 Å². The van der Waals surface area contributed by atoms with E-state index in [0.717, 1.165) is 17.7 Å². The zero-order valence-electron chi connectivity index (χ0n) is 12.4. The summed E-state index contributed by atoms with van der Waals surface area (Å²) in [6, 6.07) is 13.9. The molecule has 3 nitrogen and oxygen atoms in total. The number of aliphatic hydroxyl groups is 1. The maximum Gasteiger partial charge on any atom is 0.159 e. The smallest absolute Gasteiger partial charge is 0.159 e. The summed E-state index contributed by atoms with van der Waals surface area (Å²) in [4.78, 5) is 4.01. The number of benzene rings is 2. The molecule has 0 fully saturated rings. The number of halogens is 2. The van der Waals surface area contributed by atoms with Gasteiger partial charge in [-0.1, -0.05) is 18.2 Å². The predicted octanol–water partition coefficient (Wildman–Crippen LogP) is 3.98. The monoisotopic (exact) mass is 322 g/mol. The number of aromatic nitrogens is 1. The molecule has 0 aliphatic rings. The van der Waals surface area contributed by atoms with Crippen LogP contribution in [0, 0.1) is 23.0 Å². The quantitative estimate of drug-likeness (QED) is 0.793. The van der Waals surface area contributed by atoms with Gasteiger partial charge in [0.1, 0.15) is 6.10 Å². The van der Waals surface area contributed by atoms with E-state index in [1.54, 1.807) is 36.5 Å². The molecular weight excluding hydrogens is 310 g/mol. The molecule has 3 rings (SSSR count). The number of rotatable bonds is 3. The lowest BCUT2D eigenvalue weighted by molar-refractivity contribution is 0.219. The van der Waals surface area contributed by atoms with E-state index < -0.39 is 17.7 Å². The number of hydrogen-bond acceptors (Lipinski definition) is 3. The van der Waals surface area contributed by atoms with Gasteiger partial charge in [-0.05, 0) is 47.0 Å². The van der Waals surface area contributed by atoms with Crippen molar-refractivity contribution in [1.82, 2.24) is 4.98 Å². The van der Waals surface area contributed by atoms with E-state index in [9.17, 15) is 13.9 Å². The van der Waals surface area contributed by atoms with Crippen molar-refractivity contribution in [1.29, 1.82) is 5.26 Å². The van der Waals surface area contributed by atoms with E-state index in [1.807, 2.05) is 0 Å². The Hall–Kier alpha value is -3.10. The van der Waals surface area contributed by atoms with Crippen molar-refractivity contribution in [2.45, 2.75) is 6.10 Å². The summed E-state index contributed by atoms with van der Waals surface area (Å²) < 4.78 is 26.5. The van der Waals surface area contributed by atoms with Crippen LogP contribution in [0.4, 0.5) is 8.78 Å². The lowest BCUT2D eigenvalue weighted by Gasteiger charge is -2.16. The summed E-state index contributed by atoms with van der Waals surface area (Å²) >= 11 is 0. The number of hydrogen-bond donors (Lipinski definition) is 1. The Morgan fingerprint density at radius 2 is 1.88 bits per heavy atom. The summed E-state index contributed by atoms with van der Waals surface area (Å²) in [6.07, 6.45) is 1.87. The first kappa shape index (κ1) is 15.8. The number of aliphatic hydroxyl groups excluding tert-OH is 1. The topological polar surface area (TPSA) is 56.9 Å². The molecule has 0 saturated carbocycles. The van der Waals surface area contributed by atoms with Crippen LogP contribution >= 0.6 is 0 Å². The van der Waals surface area contributed by atoms with Gasteiger partial charge in [-0.25, -0.2) is 8.78 Å². The molecule has 118 valence electrons. The van der Waals surface area contributed by atoms with Crippen LogP contribution in [0.15, 0.2) is 60.9 Å². The molecule has 0 radical (unpaired) electrons. The van der Waals surface area contributed by atoms with Crippen LogP contribution in [-0.4, -0.2) is 10.1 Å². The zero-order chi connectivity index (χ0) is 17.1. The van der Waals surface area contributed by atoms with E-state index in [1.165, 1.54) is 12.3 Å². The molecule has 1 atom stereocenters. The highest BCUT2D eigenvalue weighted by atomic mass is 19.2. The molecule has 0 amide bonds. The molecule has 0 aliphatic heterocycles. The second kappa shape index (κ2) is 6.57. The summed E-state index contributed by atoms with van der Waals surface area (Å²) in [5.74, 6) is -2.00. The fourth-order valence-corrected chi connectivity index (χ4v) is 2.51. The lowest BCUT2D eigenvalue weighted by atomic mass is 9.94. The summed E-state index contributed by atoms with van der Waals surface area (Å²) in [5.41, 5.74) is 2.54. The molecule has 0 spiro atoms. The van der Waals surface area contributed by atoms with Gasteiger partial charge in [0.25, 0.3) is 0 Å². The van der Waals surface area contributed by atoms with Crippen LogP contribution in [-0.2, 0) is 0 Å². The Bertz CT molecular complexity index is 935. The third-order valence-electron chi connectivity index (χ3n) is 3.71. The molecule has 0 aliphatic carbocycles. The minimum Gasteiger partial charge on any atom is -0.384 e. The number of nitrogens with zero attached hydrogens (tertiary/aromatic N) is 2. The van der Waals surface area contributed by atoms with Gasteiger partial charge in [0, 0.05) is 18.0 Å². The maximum absolute atomic E-state index is 13.4. The third kappa shape index (κ3) is 3.00. The van der Waals surface area contributed by atoms with Gasteiger partial charge < -0.3 is 5.11 Å². The minimum absolute atomic E-state index is 0.222. The first-order valence-electron chi connectivity index (χ1n) is 7.17. The summed E-state index contributed by atoms with van der Waals surface area (Å²) in [5, 5.41) is 19.6. The molecule has 1 heterocycles. The molecule has 0 bridgehead atoms. The van der Waals surface area contributed by atoms with Crippen molar-refractivity contribution < 1.29 is 13.9 Å². The summed E-state index contributed by atoms with van der Waals surface area (Å²) in [7, 11) is 0. The van der Waals surface area contributed by atoms with Crippen molar-refractivity contribution >= 4 is 0 Å². The predicted molar refractivity (Wildman–Crippen MR) is 84.8 cm³/mol. The van der Waals surface area contributed by atoms with Crippen molar-refractivity contribution in [3.63, 3.8) is 0 Å². The minimum atomic E-state index is -1.17. The average molecular weight is 322 g/mol. The SMILES string of the molecule is N#Cc1cccc(-c2ccncc2C(O)c2ccc(F)c(F)c2)c1. The largest absolute Gasteiger partial charge is 0.384 e. The Kier molecular flexibility index (Phi) is 4.32. The fourth-order valence-electron chi connectivity index (χ4n) is 2.51. The molecule has 3 aromatic rings. The second-order valence-electron chi connectivity index (χ2n) is 5.23. The molecule has 1 aromatic heterocycles. The van der Waals surface area contributed by atoms with Crippen molar-refractivity contribution in [2.75, 3.05) is 0 Å². The molecule has 1 N–H and O–H groups in total. The first-order valence-corrected chi connectivity index (χ1v) is 7.17. The fraction of sp³-hybridized carbons (Fsp3) is 0.0526. The van der Waals surface area contributed by atoms with E-state index in [0.29, 0.717) is 16.7 Å². The van der Waals surface area contributed by atoms with Crippen LogP contribution in [0.5, 0.6) is 0 Å². The Balaban J connectivity index is 2.08. The number of pyridine rings is 1. The van der Waals surface area contributed by atoms with Gasteiger partial charge in [0.2, 0.25) is 0 Å². The van der Waals surface area contributed by atoms with Gasteiger partial charge in [0.05, 0.1) is 11.6 Å². The first-order chi connectivity index (χ1) is 11.6. The highest BCUT2D eigenvalue weighted by Gasteiger charge is 2.17. The molecule has 1 unspecified atom stereocenters. The van der Waals surface area contributed by atoms with Gasteiger partial charge >= 0.3 is 0 Å². The van der Waals surface area contributed by atoms with E-state index in [-0.39, 0.29) is 5.56 Å². The van der Waals surface area contributed by atoms with E-state index in [2.05, 4.69) is 11.1 Å². The standard InChI is InChI=1S/C19H12F2N2O/c20-17-5-4-14(9-18(17)21)19(24)16-11-23-7-6-15(16)13-3-1-2-12(8-13)10-22/h1-9,11,19,24H. The van der Waals surface area contributed by atoms with Gasteiger partial charge in [-0.15, -0.1) is 0 Å². The molecular formula is C19H12F2N2O.